The van der Waals surface area contributed by atoms with Crippen LogP contribution in [0.5, 0.6) is 0 Å². The Kier molecular flexibility index (Phi) is 5.00. The molecule has 0 spiro atoms. The highest BCUT2D eigenvalue weighted by Crippen LogP contribution is 2.42. The molecule has 1 aliphatic heterocycles. The van der Waals surface area contributed by atoms with Crippen molar-refractivity contribution in [2.75, 3.05) is 6.26 Å². The van der Waals surface area contributed by atoms with Gasteiger partial charge in [0.1, 0.15) is 10.1 Å². The van der Waals surface area contributed by atoms with Crippen LogP contribution in [-0.2, 0) is 4.79 Å². The lowest BCUT2D eigenvalue weighted by Crippen LogP contribution is -2.25. The average molecular weight is 364 g/mol. The van der Waals surface area contributed by atoms with Crippen LogP contribution in [0.2, 0.25) is 0 Å². The van der Waals surface area contributed by atoms with Crippen molar-refractivity contribution in [2.45, 2.75) is 11.8 Å². The van der Waals surface area contributed by atoms with E-state index in [4.69, 9.17) is 23.2 Å². The molecule has 0 saturated carbocycles. The molecule has 0 N–H and O–H groups in total. The molecule has 2 aliphatic rings. The van der Waals surface area contributed by atoms with E-state index in [2.05, 4.69) is 0 Å². The van der Waals surface area contributed by atoms with Gasteiger partial charge in [-0.05, 0) is 30.4 Å². The molecule has 5 heteroatoms. The Hall–Kier alpha value is -1.42. The van der Waals surface area contributed by atoms with Crippen LogP contribution >= 0.6 is 35.0 Å². The lowest BCUT2D eigenvalue weighted by molar-refractivity contribution is -0.111. The van der Waals surface area contributed by atoms with Gasteiger partial charge in [-0.2, -0.15) is 0 Å². The van der Waals surface area contributed by atoms with E-state index in [1.807, 2.05) is 65.8 Å². The second-order valence-electron chi connectivity index (χ2n) is 5.15. The molecule has 0 saturated heterocycles. The van der Waals surface area contributed by atoms with Gasteiger partial charge in [0.15, 0.2) is 0 Å². The summed E-state index contributed by atoms with van der Waals surface area (Å²) in [6, 6.07) is 9.73. The Morgan fingerprint density at radius 2 is 2.04 bits per heavy atom. The molecule has 1 aromatic rings. The Morgan fingerprint density at radius 3 is 2.70 bits per heavy atom. The first-order valence-electron chi connectivity index (χ1n) is 7.19. The molecule has 0 fully saturated rings. The van der Waals surface area contributed by atoms with Crippen molar-refractivity contribution in [3.05, 3.63) is 75.6 Å². The van der Waals surface area contributed by atoms with Crippen LogP contribution in [0.25, 0.3) is 6.08 Å². The number of benzene rings is 1. The van der Waals surface area contributed by atoms with Gasteiger partial charge >= 0.3 is 0 Å². The van der Waals surface area contributed by atoms with E-state index in [1.165, 1.54) is 11.8 Å². The average Bonchev–Trinajstić information content (AvgIpc) is 2.80. The van der Waals surface area contributed by atoms with Gasteiger partial charge in [0.05, 0.1) is 11.1 Å². The third-order valence-electron chi connectivity index (χ3n) is 3.69. The molecule has 2 nitrogen and oxygen atoms in total. The molecule has 1 heterocycles. The van der Waals surface area contributed by atoms with E-state index in [9.17, 15) is 4.79 Å². The van der Waals surface area contributed by atoms with Crippen LogP contribution in [0.1, 0.15) is 12.0 Å². The molecular formula is C18H15Cl2NOS. The molecule has 3 rings (SSSR count). The molecule has 1 aliphatic carbocycles. The fourth-order valence-corrected chi connectivity index (χ4v) is 3.94. The minimum atomic E-state index is -0.184. The van der Waals surface area contributed by atoms with Crippen molar-refractivity contribution < 1.29 is 4.79 Å². The van der Waals surface area contributed by atoms with Crippen molar-refractivity contribution in [3.63, 3.8) is 0 Å². The summed E-state index contributed by atoms with van der Waals surface area (Å²) in [7, 11) is 0. The highest BCUT2D eigenvalue weighted by atomic mass is 35.5. The molecule has 0 radical (unpaired) electrons. The minimum absolute atomic E-state index is 0.167. The summed E-state index contributed by atoms with van der Waals surface area (Å²) in [6.45, 7) is 0. The summed E-state index contributed by atoms with van der Waals surface area (Å²) in [4.78, 5) is 14.5. The number of alkyl halides is 1. The highest BCUT2D eigenvalue weighted by Gasteiger charge is 2.37. The van der Waals surface area contributed by atoms with E-state index in [1.54, 1.807) is 0 Å². The number of ketones is 1. The number of halogens is 2. The van der Waals surface area contributed by atoms with Gasteiger partial charge in [-0.3, -0.25) is 4.79 Å². The molecular weight excluding hydrogens is 349 g/mol. The largest absolute Gasteiger partial charge is 0.302 e. The summed E-state index contributed by atoms with van der Waals surface area (Å²) < 4.78 is 0. The number of rotatable bonds is 3. The lowest BCUT2D eigenvalue weighted by Gasteiger charge is -2.29. The van der Waals surface area contributed by atoms with E-state index < -0.39 is 0 Å². The van der Waals surface area contributed by atoms with Crippen molar-refractivity contribution in [3.8, 4) is 0 Å². The maximum atomic E-state index is 12.6. The van der Waals surface area contributed by atoms with E-state index in [0.29, 0.717) is 5.70 Å². The van der Waals surface area contributed by atoms with Gasteiger partial charge in [-0.25, -0.2) is 0 Å². The first-order valence-corrected chi connectivity index (χ1v) is 9.23. The van der Waals surface area contributed by atoms with Crippen LogP contribution in [-0.4, -0.2) is 22.3 Å². The second kappa shape index (κ2) is 7.00. The zero-order chi connectivity index (χ0) is 16.4. The first-order chi connectivity index (χ1) is 11.1. The Labute approximate surface area is 150 Å². The Bertz CT molecular complexity index is 750. The second-order valence-corrected chi connectivity index (χ2v) is 6.85. The van der Waals surface area contributed by atoms with Crippen molar-refractivity contribution in [1.82, 2.24) is 4.90 Å². The SMILES string of the molecule is CSC1=C(Cl)C(=O)/C(=C\c2ccccc2)N1C1=CC=CCC1Cl. The van der Waals surface area contributed by atoms with Crippen LogP contribution in [0.4, 0.5) is 0 Å². The number of hydrogen-bond donors (Lipinski definition) is 0. The first kappa shape index (κ1) is 16.4. The predicted molar refractivity (Wildman–Crippen MR) is 99.1 cm³/mol. The van der Waals surface area contributed by atoms with E-state index in [0.717, 1.165) is 22.7 Å². The van der Waals surface area contributed by atoms with Gasteiger partial charge in [0.2, 0.25) is 5.78 Å². The lowest BCUT2D eigenvalue weighted by atomic mass is 10.1. The van der Waals surface area contributed by atoms with Gasteiger partial charge in [0, 0.05) is 5.70 Å². The molecule has 0 aromatic heterocycles. The standard InChI is InChI=1S/C18H15Cl2NOS/c1-23-18-16(20)17(22)15(11-12-7-3-2-4-8-12)21(18)14-10-6-5-9-13(14)19/h2-8,10-11,13H,9H2,1H3/b15-11+. The van der Waals surface area contributed by atoms with Crippen molar-refractivity contribution >= 4 is 46.8 Å². The van der Waals surface area contributed by atoms with Crippen LogP contribution < -0.4 is 0 Å². The summed E-state index contributed by atoms with van der Waals surface area (Å²) in [5.41, 5.74) is 2.37. The number of hydrogen-bond acceptors (Lipinski definition) is 3. The van der Waals surface area contributed by atoms with Gasteiger partial charge in [-0.1, -0.05) is 54.1 Å². The fourth-order valence-electron chi connectivity index (χ4n) is 2.60. The topological polar surface area (TPSA) is 20.3 Å². The van der Waals surface area contributed by atoms with Gasteiger partial charge < -0.3 is 4.90 Å². The smallest absolute Gasteiger partial charge is 0.223 e. The normalized spacial score (nSPS) is 23.0. The van der Waals surface area contributed by atoms with Crippen LogP contribution in [0, 0.1) is 0 Å². The molecule has 1 atom stereocenters. The zero-order valence-electron chi connectivity index (χ0n) is 12.5. The molecule has 0 bridgehead atoms. The number of carbonyl (C=O) groups is 1. The number of carbonyl (C=O) groups excluding carboxylic acids is 1. The van der Waals surface area contributed by atoms with Gasteiger partial charge in [0.25, 0.3) is 0 Å². The van der Waals surface area contributed by atoms with E-state index >= 15 is 0 Å². The molecule has 23 heavy (non-hydrogen) atoms. The molecule has 1 unspecified atom stereocenters. The Balaban J connectivity index is 2.11. The number of Topliss-reactive ketones (excluding diaryl/α,β-unsaturated/α-hetero) is 1. The molecule has 1 aromatic carbocycles. The predicted octanol–water partition coefficient (Wildman–Crippen LogP) is 5.13. The maximum Gasteiger partial charge on any atom is 0.223 e. The third-order valence-corrected chi connectivity index (χ3v) is 5.32. The molecule has 118 valence electrons. The summed E-state index contributed by atoms with van der Waals surface area (Å²) in [5.74, 6) is -0.167. The van der Waals surface area contributed by atoms with E-state index in [-0.39, 0.29) is 16.2 Å². The fraction of sp³-hybridized carbons (Fsp3) is 0.167. The van der Waals surface area contributed by atoms with Crippen LogP contribution in [0.3, 0.4) is 0 Å². The van der Waals surface area contributed by atoms with Crippen molar-refractivity contribution in [1.29, 1.82) is 0 Å². The number of thioether (sulfide) groups is 1. The zero-order valence-corrected chi connectivity index (χ0v) is 14.8. The van der Waals surface area contributed by atoms with Gasteiger partial charge in [-0.15, -0.1) is 23.4 Å². The molecule has 0 amide bonds. The van der Waals surface area contributed by atoms with Crippen LogP contribution in [0.15, 0.2) is 70.0 Å². The maximum absolute atomic E-state index is 12.6. The number of allylic oxidation sites excluding steroid dienone is 5. The summed E-state index contributed by atoms with van der Waals surface area (Å²) in [6.07, 6.45) is 10.4. The number of nitrogens with zero attached hydrogens (tertiary/aromatic N) is 1. The highest BCUT2D eigenvalue weighted by molar-refractivity contribution is 8.02. The third kappa shape index (κ3) is 3.14. The quantitative estimate of drug-likeness (QED) is 0.548. The monoisotopic (exact) mass is 363 g/mol. The minimum Gasteiger partial charge on any atom is -0.302 e. The summed E-state index contributed by atoms with van der Waals surface area (Å²) >= 11 is 14.2. The van der Waals surface area contributed by atoms with Crippen molar-refractivity contribution in [2.24, 2.45) is 0 Å². The Morgan fingerprint density at radius 1 is 1.30 bits per heavy atom. The summed E-state index contributed by atoms with van der Waals surface area (Å²) in [5, 5.41) is 0.793.